The molecule has 1 aliphatic heterocycles. The Kier molecular flexibility index (Phi) is 10.6. The molecule has 1 amide bonds. The molecule has 4 rings (SSSR count). The van der Waals surface area contributed by atoms with E-state index in [-0.39, 0.29) is 24.8 Å². The van der Waals surface area contributed by atoms with Crippen LogP contribution in [0.4, 0.5) is 4.79 Å². The first-order valence-corrected chi connectivity index (χ1v) is 16.6. The molecule has 234 valence electrons. The van der Waals surface area contributed by atoms with Crippen LogP contribution in [0, 0.1) is 0 Å². The van der Waals surface area contributed by atoms with E-state index in [0.29, 0.717) is 0 Å². The first kappa shape index (κ1) is 32.9. The quantitative estimate of drug-likeness (QED) is 0.219. The minimum Gasteiger partial charge on any atom is -0.457 e. The molecule has 4 atom stereocenters. The summed E-state index contributed by atoms with van der Waals surface area (Å²) in [5.74, 6) is -1.29. The van der Waals surface area contributed by atoms with Crippen molar-refractivity contribution in [2.45, 2.75) is 70.6 Å². The fourth-order valence-corrected chi connectivity index (χ4v) is 10.5. The van der Waals surface area contributed by atoms with Gasteiger partial charge in [-0.05, 0) is 21.0 Å². The number of hydrogen-bond donors (Lipinski definition) is 1. The minimum atomic E-state index is -3.08. The Morgan fingerprint density at radius 1 is 0.818 bits per heavy atom. The van der Waals surface area contributed by atoms with E-state index in [1.165, 1.54) is 18.7 Å². The zero-order chi connectivity index (χ0) is 31.9. The van der Waals surface area contributed by atoms with Crippen LogP contribution >= 0.6 is 0 Å². The Morgan fingerprint density at radius 2 is 1.32 bits per heavy atom. The molecule has 1 saturated heterocycles. The molecule has 0 radical (unpaired) electrons. The summed E-state index contributed by atoms with van der Waals surface area (Å²) >= 11 is 0. The van der Waals surface area contributed by atoms with Crippen molar-refractivity contribution < 1.29 is 38.1 Å². The second kappa shape index (κ2) is 14.2. The first-order chi connectivity index (χ1) is 20.9. The first-order valence-electron chi connectivity index (χ1n) is 14.7. The van der Waals surface area contributed by atoms with Crippen LogP contribution in [0.15, 0.2) is 91.0 Å². The lowest BCUT2D eigenvalue weighted by molar-refractivity contribution is -0.193. The number of likely N-dealkylation sites (tertiary alicyclic amines) is 1. The summed E-state index contributed by atoms with van der Waals surface area (Å²) in [6, 6.07) is 28.2. The predicted octanol–water partition coefficient (Wildman–Crippen LogP) is 3.81. The maximum Gasteiger partial charge on any atom is 0.410 e. The van der Waals surface area contributed by atoms with Crippen LogP contribution in [0.3, 0.4) is 0 Å². The molecule has 0 unspecified atom stereocenters. The van der Waals surface area contributed by atoms with E-state index < -0.39 is 50.7 Å². The van der Waals surface area contributed by atoms with Crippen LogP contribution in [0.25, 0.3) is 0 Å². The molecule has 0 bridgehead atoms. The second-order valence-electron chi connectivity index (χ2n) is 11.9. The van der Waals surface area contributed by atoms with Gasteiger partial charge in [-0.15, -0.1) is 0 Å². The molecule has 9 nitrogen and oxygen atoms in total. The van der Waals surface area contributed by atoms with Gasteiger partial charge in [0.25, 0.3) is 8.32 Å². The van der Waals surface area contributed by atoms with Gasteiger partial charge in [-0.3, -0.25) is 14.5 Å². The average Bonchev–Trinajstić information content (AvgIpc) is 2.99. The number of rotatable bonds is 9. The number of carbonyl (C=O) groups excluding carboxylic acids is 3. The molecule has 3 aromatic carbocycles. The van der Waals surface area contributed by atoms with Crippen LogP contribution in [0.1, 0.15) is 40.2 Å². The summed E-state index contributed by atoms with van der Waals surface area (Å²) in [4.78, 5) is 39.1. The maximum atomic E-state index is 13.6. The second-order valence-corrected chi connectivity index (χ2v) is 16.3. The predicted molar refractivity (Wildman–Crippen MR) is 168 cm³/mol. The van der Waals surface area contributed by atoms with Gasteiger partial charge in [0.15, 0.2) is 12.2 Å². The standard InChI is InChI=1S/C34H41NO8Si/c1-24(36)42-30-21-35(33(39)40-22-26-15-9-6-10-16-26)29(31(38)32(30)43-25(2)37)23-41-44(34(3,4)5,27-17-11-7-12-18-27)28-19-13-8-14-20-28/h6-20,29-32,38H,21-23H2,1-5H3/t29-,30+,31-,32-/m1/s1. The highest BCUT2D eigenvalue weighted by Crippen LogP contribution is 2.37. The molecule has 10 heteroatoms. The van der Waals surface area contributed by atoms with Crippen molar-refractivity contribution in [3.8, 4) is 0 Å². The monoisotopic (exact) mass is 619 g/mol. The number of benzene rings is 3. The van der Waals surface area contributed by atoms with E-state index >= 15 is 0 Å². The SMILES string of the molecule is CC(=O)O[C@H]1[C@H](O)[C@@H](CO[Si](c2ccccc2)(c2ccccc2)C(C)(C)C)N(C(=O)OCc2ccccc2)C[C@@H]1OC(C)=O. The van der Waals surface area contributed by atoms with Crippen LogP contribution in [-0.2, 0) is 34.8 Å². The number of amides is 1. The molecule has 0 aromatic heterocycles. The van der Waals surface area contributed by atoms with Crippen LogP contribution < -0.4 is 10.4 Å². The zero-order valence-corrected chi connectivity index (χ0v) is 26.8. The normalized spacial score (nSPS) is 20.5. The van der Waals surface area contributed by atoms with Crippen LogP contribution in [0.5, 0.6) is 0 Å². The largest absolute Gasteiger partial charge is 0.457 e. The van der Waals surface area contributed by atoms with E-state index in [0.717, 1.165) is 15.9 Å². The van der Waals surface area contributed by atoms with Gasteiger partial charge < -0.3 is 23.7 Å². The lowest BCUT2D eigenvalue weighted by Crippen LogP contribution is -2.70. The van der Waals surface area contributed by atoms with Crippen molar-refractivity contribution in [2.75, 3.05) is 13.2 Å². The third-order valence-corrected chi connectivity index (χ3v) is 12.8. The molecule has 0 saturated carbocycles. The third-order valence-electron chi connectivity index (χ3n) is 7.82. The number of piperidine rings is 1. The number of esters is 2. The Balaban J connectivity index is 1.74. The number of aliphatic hydroxyl groups excluding tert-OH is 1. The minimum absolute atomic E-state index is 0.000160. The molecule has 0 aliphatic carbocycles. The highest BCUT2D eigenvalue weighted by molar-refractivity contribution is 6.99. The Morgan fingerprint density at radius 3 is 1.80 bits per heavy atom. The molecule has 1 fully saturated rings. The van der Waals surface area contributed by atoms with E-state index in [4.69, 9.17) is 18.6 Å². The van der Waals surface area contributed by atoms with E-state index in [1.54, 1.807) is 0 Å². The summed E-state index contributed by atoms with van der Waals surface area (Å²) in [5, 5.41) is 13.4. The zero-order valence-electron chi connectivity index (χ0n) is 25.8. The smallest absolute Gasteiger partial charge is 0.410 e. The highest BCUT2D eigenvalue weighted by atomic mass is 28.4. The maximum absolute atomic E-state index is 13.6. The molecule has 1 heterocycles. The van der Waals surface area contributed by atoms with Crippen molar-refractivity contribution >= 4 is 36.7 Å². The van der Waals surface area contributed by atoms with Gasteiger partial charge in [-0.1, -0.05) is 112 Å². The average molecular weight is 620 g/mol. The lowest BCUT2D eigenvalue weighted by atomic mass is 9.94. The van der Waals surface area contributed by atoms with Gasteiger partial charge in [-0.2, -0.15) is 0 Å². The molecule has 44 heavy (non-hydrogen) atoms. The Hall–Kier alpha value is -3.99. The number of aliphatic hydroxyl groups is 1. The van der Waals surface area contributed by atoms with Crippen molar-refractivity contribution in [3.63, 3.8) is 0 Å². The fraction of sp³-hybridized carbons (Fsp3) is 0.382. The fourth-order valence-electron chi connectivity index (χ4n) is 5.88. The van der Waals surface area contributed by atoms with Gasteiger partial charge in [0, 0.05) is 13.8 Å². The van der Waals surface area contributed by atoms with E-state index in [2.05, 4.69) is 20.8 Å². The summed E-state index contributed by atoms with van der Waals surface area (Å²) in [6.07, 6.45) is -4.50. The van der Waals surface area contributed by atoms with Crippen molar-refractivity contribution in [1.29, 1.82) is 0 Å². The third kappa shape index (κ3) is 7.38. The number of carbonyl (C=O) groups is 3. The lowest BCUT2D eigenvalue weighted by Gasteiger charge is -2.48. The molecular formula is C34H41NO8Si. The van der Waals surface area contributed by atoms with Crippen LogP contribution in [-0.4, -0.2) is 73.9 Å². The topological polar surface area (TPSA) is 112 Å². The van der Waals surface area contributed by atoms with Gasteiger partial charge >= 0.3 is 18.0 Å². The molecule has 3 aromatic rings. The molecule has 0 spiro atoms. The van der Waals surface area contributed by atoms with Crippen LogP contribution in [0.2, 0.25) is 5.04 Å². The van der Waals surface area contributed by atoms with E-state index in [1.807, 2.05) is 91.0 Å². The number of ether oxygens (including phenoxy) is 3. The summed E-state index contributed by atoms with van der Waals surface area (Å²) < 4.78 is 23.7. The van der Waals surface area contributed by atoms with Crippen molar-refractivity contribution in [2.24, 2.45) is 0 Å². The van der Waals surface area contributed by atoms with Gasteiger partial charge in [-0.25, -0.2) is 4.79 Å². The van der Waals surface area contributed by atoms with Gasteiger partial charge in [0.1, 0.15) is 12.7 Å². The van der Waals surface area contributed by atoms with Gasteiger partial charge in [0.2, 0.25) is 0 Å². The number of nitrogens with zero attached hydrogens (tertiary/aromatic N) is 1. The summed E-state index contributed by atoms with van der Waals surface area (Å²) in [7, 11) is -3.08. The summed E-state index contributed by atoms with van der Waals surface area (Å²) in [5.41, 5.74) is 0.785. The van der Waals surface area contributed by atoms with Gasteiger partial charge in [0.05, 0.1) is 19.2 Å². The number of hydrogen-bond acceptors (Lipinski definition) is 8. The molecular weight excluding hydrogens is 578 g/mol. The highest BCUT2D eigenvalue weighted by Gasteiger charge is 2.53. The molecule has 1 aliphatic rings. The van der Waals surface area contributed by atoms with E-state index in [9.17, 15) is 19.5 Å². The molecule has 1 N–H and O–H groups in total. The Labute approximate surface area is 259 Å². The van der Waals surface area contributed by atoms with Crippen molar-refractivity contribution in [1.82, 2.24) is 4.90 Å². The Bertz CT molecular complexity index is 1360. The summed E-state index contributed by atoms with van der Waals surface area (Å²) in [6.45, 7) is 8.54. The van der Waals surface area contributed by atoms with Crippen molar-refractivity contribution in [3.05, 3.63) is 96.6 Å².